The minimum atomic E-state index is -0.429. The van der Waals surface area contributed by atoms with Gasteiger partial charge in [-0.05, 0) is 20.8 Å². The first-order valence-electron chi connectivity index (χ1n) is 5.74. The fourth-order valence-electron chi connectivity index (χ4n) is 1.44. The van der Waals surface area contributed by atoms with Crippen LogP contribution in [0.2, 0.25) is 0 Å². The van der Waals surface area contributed by atoms with Gasteiger partial charge in [-0.15, -0.1) is 5.10 Å². The molecule has 0 N–H and O–H groups in total. The summed E-state index contributed by atoms with van der Waals surface area (Å²) in [7, 11) is 1.66. The number of nitrogens with zero attached hydrogens (tertiary/aromatic N) is 5. The van der Waals surface area contributed by atoms with Gasteiger partial charge >= 0.3 is 0 Å². The molecule has 0 spiro atoms. The maximum absolute atomic E-state index is 5.36. The van der Waals surface area contributed by atoms with Crippen molar-refractivity contribution in [3.63, 3.8) is 0 Å². The van der Waals surface area contributed by atoms with Gasteiger partial charge in [-0.2, -0.15) is 0 Å². The van der Waals surface area contributed by atoms with E-state index in [9.17, 15) is 0 Å². The Morgan fingerprint density at radius 3 is 2.56 bits per heavy atom. The molecule has 2 aromatic heterocycles. The molecule has 0 aliphatic rings. The van der Waals surface area contributed by atoms with Crippen molar-refractivity contribution in [2.75, 3.05) is 7.11 Å². The Hall–Kier alpha value is -1.82. The molecule has 0 aliphatic carbocycles. The van der Waals surface area contributed by atoms with Crippen LogP contribution in [0, 0.1) is 6.92 Å². The summed E-state index contributed by atoms with van der Waals surface area (Å²) in [5.74, 6) is 0.763. The number of ether oxygens (including phenoxy) is 1. The van der Waals surface area contributed by atoms with Gasteiger partial charge in [-0.3, -0.25) is 0 Å². The second kappa shape index (κ2) is 4.81. The zero-order valence-corrected chi connectivity index (χ0v) is 11.1. The highest BCUT2D eigenvalue weighted by Crippen LogP contribution is 2.20. The van der Waals surface area contributed by atoms with E-state index in [2.05, 4.69) is 20.3 Å². The monoisotopic (exact) mass is 247 g/mol. The zero-order chi connectivity index (χ0) is 13.2. The number of methoxy groups -OCH3 is 1. The van der Waals surface area contributed by atoms with Gasteiger partial charge in [0.2, 0.25) is 0 Å². The van der Waals surface area contributed by atoms with Crippen LogP contribution in [0.15, 0.2) is 18.6 Å². The highest BCUT2D eigenvalue weighted by Gasteiger charge is 2.23. The molecule has 18 heavy (non-hydrogen) atoms. The summed E-state index contributed by atoms with van der Waals surface area (Å²) in [5.41, 5.74) is 1.37. The van der Waals surface area contributed by atoms with Crippen LogP contribution in [0.4, 0.5) is 0 Å². The van der Waals surface area contributed by atoms with Crippen molar-refractivity contribution in [1.29, 1.82) is 0 Å². The van der Waals surface area contributed by atoms with Crippen LogP contribution in [0.5, 0.6) is 0 Å². The molecule has 2 aromatic rings. The largest absolute Gasteiger partial charge is 0.372 e. The average molecular weight is 247 g/mol. The highest BCUT2D eigenvalue weighted by atomic mass is 16.5. The van der Waals surface area contributed by atoms with E-state index >= 15 is 0 Å². The summed E-state index contributed by atoms with van der Waals surface area (Å²) in [5, 5.41) is 8.20. The molecule has 0 atom stereocenters. The number of hydrogen-bond donors (Lipinski definition) is 0. The van der Waals surface area contributed by atoms with Gasteiger partial charge in [0, 0.05) is 25.1 Å². The van der Waals surface area contributed by atoms with Crippen LogP contribution in [-0.4, -0.2) is 32.1 Å². The molecular weight excluding hydrogens is 230 g/mol. The zero-order valence-electron chi connectivity index (χ0n) is 11.1. The van der Waals surface area contributed by atoms with Gasteiger partial charge in [0.05, 0.1) is 12.7 Å². The lowest BCUT2D eigenvalue weighted by molar-refractivity contribution is 0.0154. The van der Waals surface area contributed by atoms with E-state index < -0.39 is 5.60 Å². The lowest BCUT2D eigenvalue weighted by atomic mass is 10.1. The third-order valence-corrected chi connectivity index (χ3v) is 2.84. The molecule has 0 amide bonds. The Balaban J connectivity index is 2.14. The van der Waals surface area contributed by atoms with Crippen molar-refractivity contribution < 1.29 is 4.74 Å². The molecule has 0 aliphatic heterocycles. The second-order valence-corrected chi connectivity index (χ2v) is 4.65. The molecule has 0 fully saturated rings. The van der Waals surface area contributed by atoms with E-state index in [1.807, 2.05) is 27.0 Å². The molecule has 6 nitrogen and oxygen atoms in total. The van der Waals surface area contributed by atoms with Crippen molar-refractivity contribution in [2.24, 2.45) is 0 Å². The van der Waals surface area contributed by atoms with Crippen molar-refractivity contribution >= 4 is 0 Å². The van der Waals surface area contributed by atoms with Gasteiger partial charge in [0.25, 0.3) is 0 Å². The van der Waals surface area contributed by atoms with Crippen LogP contribution in [0.1, 0.15) is 30.9 Å². The summed E-state index contributed by atoms with van der Waals surface area (Å²) >= 11 is 0. The molecule has 0 saturated carbocycles. The van der Waals surface area contributed by atoms with E-state index in [4.69, 9.17) is 4.74 Å². The molecule has 0 radical (unpaired) electrons. The number of hydrogen-bond acceptors (Lipinski definition) is 5. The smallest absolute Gasteiger partial charge is 0.125 e. The van der Waals surface area contributed by atoms with Crippen LogP contribution >= 0.6 is 0 Å². The Morgan fingerprint density at radius 1 is 1.28 bits per heavy atom. The van der Waals surface area contributed by atoms with Gasteiger partial charge in [-0.25, -0.2) is 14.6 Å². The van der Waals surface area contributed by atoms with E-state index in [1.165, 1.54) is 0 Å². The Bertz CT molecular complexity index is 518. The topological polar surface area (TPSA) is 65.7 Å². The van der Waals surface area contributed by atoms with Crippen LogP contribution in [-0.2, 0) is 16.9 Å². The van der Waals surface area contributed by atoms with Crippen LogP contribution in [0.3, 0.4) is 0 Å². The molecule has 0 bridgehead atoms. The average Bonchev–Trinajstić information content (AvgIpc) is 2.81. The normalized spacial score (nSPS) is 11.8. The molecular formula is C12H17N5O. The van der Waals surface area contributed by atoms with E-state index in [0.29, 0.717) is 6.54 Å². The Morgan fingerprint density at radius 2 is 1.94 bits per heavy atom. The van der Waals surface area contributed by atoms with Crippen LogP contribution < -0.4 is 0 Å². The van der Waals surface area contributed by atoms with E-state index in [0.717, 1.165) is 17.1 Å². The lowest BCUT2D eigenvalue weighted by Gasteiger charge is -2.18. The van der Waals surface area contributed by atoms with Gasteiger partial charge in [0.1, 0.15) is 17.1 Å². The van der Waals surface area contributed by atoms with Crippen molar-refractivity contribution in [3.8, 4) is 0 Å². The second-order valence-electron chi connectivity index (χ2n) is 4.65. The summed E-state index contributed by atoms with van der Waals surface area (Å²) in [6.45, 7) is 6.37. The van der Waals surface area contributed by atoms with Gasteiger partial charge < -0.3 is 4.74 Å². The van der Waals surface area contributed by atoms with Gasteiger partial charge in [-0.1, -0.05) is 5.21 Å². The molecule has 6 heteroatoms. The van der Waals surface area contributed by atoms with Gasteiger partial charge in [0.15, 0.2) is 0 Å². The summed E-state index contributed by atoms with van der Waals surface area (Å²) in [6.07, 6.45) is 5.47. The van der Waals surface area contributed by atoms with Crippen molar-refractivity contribution in [2.45, 2.75) is 32.9 Å². The predicted octanol–water partition coefficient (Wildman–Crippen LogP) is 1.31. The summed E-state index contributed by atoms with van der Waals surface area (Å²) < 4.78 is 7.12. The van der Waals surface area contributed by atoms with E-state index in [1.54, 1.807) is 24.2 Å². The first-order chi connectivity index (χ1) is 8.51. The van der Waals surface area contributed by atoms with E-state index in [-0.39, 0.29) is 0 Å². The molecule has 96 valence electrons. The predicted molar refractivity (Wildman–Crippen MR) is 65.9 cm³/mol. The molecule has 0 unspecified atom stereocenters. The lowest BCUT2D eigenvalue weighted by Crippen LogP contribution is -2.19. The number of aryl methyl sites for hydroxylation is 1. The first kappa shape index (κ1) is 12.6. The third kappa shape index (κ3) is 2.70. The number of aromatic nitrogens is 5. The summed E-state index contributed by atoms with van der Waals surface area (Å²) in [4.78, 5) is 8.30. The highest BCUT2D eigenvalue weighted by molar-refractivity contribution is 5.08. The van der Waals surface area contributed by atoms with Crippen LogP contribution in [0.25, 0.3) is 0 Å². The van der Waals surface area contributed by atoms with Crippen molar-refractivity contribution in [1.82, 2.24) is 25.0 Å². The quantitative estimate of drug-likeness (QED) is 0.815. The SMILES string of the molecule is COC(C)(C)c1cn(Cc2cnc(C)nc2)nn1. The molecule has 0 aromatic carbocycles. The minimum absolute atomic E-state index is 0.429. The molecule has 2 rings (SSSR count). The standard InChI is InChI=1S/C12H17N5O/c1-9-13-5-10(6-14-9)7-17-8-11(15-16-17)12(2,3)18-4/h5-6,8H,7H2,1-4H3. The maximum atomic E-state index is 5.36. The third-order valence-electron chi connectivity index (χ3n) is 2.84. The fraction of sp³-hybridized carbons (Fsp3) is 0.500. The van der Waals surface area contributed by atoms with Crippen molar-refractivity contribution in [3.05, 3.63) is 35.7 Å². The fourth-order valence-corrected chi connectivity index (χ4v) is 1.44. The molecule has 2 heterocycles. The Kier molecular flexibility index (Phi) is 3.38. The summed E-state index contributed by atoms with van der Waals surface area (Å²) in [6, 6.07) is 0. The number of rotatable bonds is 4. The maximum Gasteiger partial charge on any atom is 0.125 e. The first-order valence-corrected chi connectivity index (χ1v) is 5.74. The molecule has 0 saturated heterocycles. The Labute approximate surface area is 106 Å². The minimum Gasteiger partial charge on any atom is -0.372 e.